The number of carbonyl (C=O) groups excluding carboxylic acids is 15. The van der Waals surface area contributed by atoms with Crippen LogP contribution in [0.1, 0.15) is 307 Å². The summed E-state index contributed by atoms with van der Waals surface area (Å²) in [5.41, 5.74) is 2.15. The summed E-state index contributed by atoms with van der Waals surface area (Å²) in [5, 5.41) is 41.7. The Labute approximate surface area is 752 Å². The molecule has 0 radical (unpaired) electrons. The van der Waals surface area contributed by atoms with Crippen molar-refractivity contribution in [3.05, 3.63) is 10.4 Å². The van der Waals surface area contributed by atoms with Crippen LogP contribution < -0.4 is 74.4 Å². The first-order valence-electron chi connectivity index (χ1n) is 44.5. The number of azide groups is 1. The van der Waals surface area contributed by atoms with Crippen molar-refractivity contribution in [1.29, 1.82) is 0 Å². The van der Waals surface area contributed by atoms with Crippen molar-refractivity contribution in [3.63, 3.8) is 0 Å². The zero-order valence-electron chi connectivity index (χ0n) is 80.5. The molecule has 6 atom stereocenters. The second kappa shape index (κ2) is 59.0. The summed E-state index contributed by atoms with van der Waals surface area (Å²) in [4.78, 5) is 207. The van der Waals surface area contributed by atoms with E-state index in [0.717, 1.165) is 0 Å². The van der Waals surface area contributed by atoms with Gasteiger partial charge < -0.3 is 117 Å². The summed E-state index contributed by atoms with van der Waals surface area (Å²) in [6.07, 6.45) is -0.882. The van der Waals surface area contributed by atoms with Gasteiger partial charge >= 0.3 is 48.7 Å². The number of alkyl carbamates (subject to hydrolysis) is 8. The molecule has 0 aromatic rings. The predicted molar refractivity (Wildman–Crippen MR) is 478 cm³/mol. The smallest absolute Gasteiger partial charge is 0.408 e. The average molecular weight is 1810 g/mol. The lowest BCUT2D eigenvalue weighted by Crippen LogP contribution is -2.55. The number of hydrogen-bond donors (Lipinski definition) is 14. The van der Waals surface area contributed by atoms with Crippen molar-refractivity contribution in [1.82, 2.24) is 79.3 Å². The van der Waals surface area contributed by atoms with E-state index in [1.54, 1.807) is 166 Å². The largest absolute Gasteiger partial charge is 0.444 e. The van der Waals surface area contributed by atoms with Crippen molar-refractivity contribution < 1.29 is 110 Å². The molecule has 0 unspecified atom stereocenters. The van der Waals surface area contributed by atoms with Crippen molar-refractivity contribution >= 4 is 90.1 Å². The third-order valence-corrected chi connectivity index (χ3v) is 17.0. The van der Waals surface area contributed by atoms with Gasteiger partial charge in [0.25, 0.3) is 0 Å². The SMILES string of the molecule is CC(C)(C)OC(=O)NCCCC[C@H](NC(=O)OC(C)(C)C)C(=O)NCCCC[C@H](NC(=O)[C@H](CCCCNC(=O)OC(C)(C)C)NC(=O)OC(C)(C)C)C(=O)NCCN(CCNC(=O)[C@H](CCCCNC(=O)[C@H](CCCCNC(=O)OC(C)(C)C)NC(=O)OC(C)(C)C)NC(=O)[C@H](CCCCNC(=O)OC(C)(C)C)NC(=O)OC(C)(C)C)C(=O)CCCCCN=[N+]=[N-]. The molecule has 41 nitrogen and oxygen atoms in total. The van der Waals surface area contributed by atoms with Crippen LogP contribution in [0.3, 0.4) is 0 Å². The molecule has 0 fully saturated rings. The Balaban J connectivity index is 7.58. The highest BCUT2D eigenvalue weighted by Gasteiger charge is 2.34. The van der Waals surface area contributed by atoms with Crippen LogP contribution in [0, 0.1) is 0 Å². The minimum Gasteiger partial charge on any atom is -0.444 e. The standard InChI is InChI=1S/C86H158N18O23/c1-79(2,3)120-71(112)92-49-36-29-42-60(99-75(116)124-83(13,14)15)67(108)88-47-34-27-40-58(97-69(110)62(101-77(118)126-85(19,20)21)44-31-38-51-94-73(114)122-81(7,8)9)65(106)90-54-56-104(64(105)46-26-25-33-53-96-103-87)57-55-91-66(107)59(98-70(111)63(102-78(119)127-86(22,23)24)45-32-39-52-95-74(115)123-82(10,11)12)41-28-35-48-89-68(109)61(100-76(117)125-84(16,17)18)43-30-37-50-93-72(113)121-80(4,5)6/h58-63H,25-57H2,1-24H3,(H,88,108)(H,89,109)(H,90,106)(H,91,107)(H,92,112)(H,93,113)(H,94,114)(H,95,115)(H,97,110)(H,98,111)(H,99,116)(H,100,117)(H,101,118)(H,102,119)/t58-,59-,60-,61-,62-,63-/m0/s1. The highest BCUT2D eigenvalue weighted by molar-refractivity contribution is 5.93. The van der Waals surface area contributed by atoms with Crippen LogP contribution in [-0.4, -0.2) is 248 Å². The molecule has 41 heteroatoms. The Morgan fingerprint density at radius 3 is 0.685 bits per heavy atom. The molecule has 0 spiro atoms. The maximum atomic E-state index is 14.7. The van der Waals surface area contributed by atoms with E-state index < -0.39 is 171 Å². The first kappa shape index (κ1) is 117. The van der Waals surface area contributed by atoms with Crippen molar-refractivity contribution in [2.75, 3.05) is 72.0 Å². The third kappa shape index (κ3) is 66.8. The van der Waals surface area contributed by atoms with Crippen LogP contribution in [0.25, 0.3) is 10.4 Å². The molecule has 0 aromatic heterocycles. The monoisotopic (exact) mass is 1810 g/mol. The molecule has 0 saturated heterocycles. The maximum absolute atomic E-state index is 14.7. The molecule has 0 rings (SSSR count). The number of unbranched alkanes of at least 4 members (excludes halogenated alkanes) is 8. The first-order valence-corrected chi connectivity index (χ1v) is 44.5. The van der Waals surface area contributed by atoms with Gasteiger partial charge in [-0.25, -0.2) is 38.4 Å². The topological polar surface area (TPSA) is 550 Å². The Morgan fingerprint density at radius 2 is 0.457 bits per heavy atom. The van der Waals surface area contributed by atoms with Crippen molar-refractivity contribution in [3.8, 4) is 0 Å². The molecular weight excluding hydrogens is 1650 g/mol. The predicted octanol–water partition coefficient (Wildman–Crippen LogP) is 10.8. The number of carbonyl (C=O) groups is 15. The molecule has 15 amide bonds. The second-order valence-electron chi connectivity index (χ2n) is 38.9. The van der Waals surface area contributed by atoms with Crippen LogP contribution >= 0.6 is 0 Å². The van der Waals surface area contributed by atoms with Crippen LogP contribution in [0.4, 0.5) is 38.4 Å². The van der Waals surface area contributed by atoms with E-state index in [1.807, 2.05) is 0 Å². The van der Waals surface area contributed by atoms with Crippen LogP contribution in [0.5, 0.6) is 0 Å². The van der Waals surface area contributed by atoms with Gasteiger partial charge in [0, 0.05) is 83.3 Å². The average Bonchev–Trinajstić information content (AvgIpc) is 0.869. The first-order chi connectivity index (χ1) is 58.6. The number of nitrogens with zero attached hydrogens (tertiary/aromatic N) is 4. The van der Waals surface area contributed by atoms with E-state index in [2.05, 4.69) is 84.5 Å². The molecule has 0 aliphatic rings. The number of amides is 15. The third-order valence-electron chi connectivity index (χ3n) is 17.0. The van der Waals surface area contributed by atoms with Gasteiger partial charge in [-0.15, -0.1) is 0 Å². The number of ether oxygens (including phenoxy) is 8. The molecule has 0 bridgehead atoms. The van der Waals surface area contributed by atoms with Crippen LogP contribution in [0.15, 0.2) is 5.11 Å². The fraction of sp³-hybridized carbons (Fsp3) is 0.826. The summed E-state index contributed by atoms with van der Waals surface area (Å²) in [6, 6.07) is -7.35. The molecule has 127 heavy (non-hydrogen) atoms. The molecule has 0 saturated carbocycles. The highest BCUT2D eigenvalue weighted by Crippen LogP contribution is 2.18. The molecule has 0 heterocycles. The summed E-state index contributed by atoms with van der Waals surface area (Å²) in [7, 11) is 0. The second-order valence-corrected chi connectivity index (χ2v) is 38.9. The molecule has 0 aromatic carbocycles. The van der Waals surface area contributed by atoms with Gasteiger partial charge in [0.1, 0.15) is 81.1 Å². The quantitative estimate of drug-likeness (QED) is 0.00884. The van der Waals surface area contributed by atoms with Gasteiger partial charge in [-0.1, -0.05) is 11.5 Å². The lowest BCUT2D eigenvalue weighted by molar-refractivity contribution is -0.133. The lowest BCUT2D eigenvalue weighted by atomic mass is 10.1. The molecule has 0 aliphatic heterocycles. The Bertz CT molecular complexity index is 3270. The van der Waals surface area contributed by atoms with Gasteiger partial charge in [0.15, 0.2) is 0 Å². The Morgan fingerprint density at radius 1 is 0.252 bits per heavy atom. The zero-order valence-corrected chi connectivity index (χ0v) is 80.5. The highest BCUT2D eigenvalue weighted by atomic mass is 16.6. The number of nitrogens with one attached hydrogen (secondary N) is 14. The van der Waals surface area contributed by atoms with E-state index in [1.165, 1.54) is 4.90 Å². The summed E-state index contributed by atoms with van der Waals surface area (Å²) in [5.74, 6) is -4.49. The Hall–Kier alpha value is -10.2. The van der Waals surface area contributed by atoms with Crippen LogP contribution in [0.2, 0.25) is 0 Å². The number of rotatable bonds is 54. The zero-order chi connectivity index (χ0) is 97.0. The fourth-order valence-electron chi connectivity index (χ4n) is 11.6. The summed E-state index contributed by atoms with van der Waals surface area (Å²) < 4.78 is 43.3. The lowest BCUT2D eigenvalue weighted by Gasteiger charge is -2.27. The summed E-state index contributed by atoms with van der Waals surface area (Å²) >= 11 is 0. The minimum absolute atomic E-state index is 0.0103. The molecule has 14 N–H and O–H groups in total. The van der Waals surface area contributed by atoms with Crippen molar-refractivity contribution in [2.45, 2.75) is 388 Å². The fourth-order valence-corrected chi connectivity index (χ4v) is 11.6. The normalized spacial score (nSPS) is 13.3. The van der Waals surface area contributed by atoms with Gasteiger partial charge in [-0.05, 0) is 300 Å². The van der Waals surface area contributed by atoms with E-state index >= 15 is 0 Å². The van der Waals surface area contributed by atoms with E-state index in [-0.39, 0.29) is 155 Å². The molecular formula is C86H158N18O23. The van der Waals surface area contributed by atoms with Gasteiger partial charge in [0.2, 0.25) is 41.4 Å². The summed E-state index contributed by atoms with van der Waals surface area (Å²) in [6.45, 7) is 40.7. The number of hydrogen-bond acceptors (Lipinski definition) is 24. The van der Waals surface area contributed by atoms with Gasteiger partial charge in [-0.2, -0.15) is 0 Å². The Kier molecular flexibility index (Phi) is 54.2. The van der Waals surface area contributed by atoms with Crippen LogP contribution in [-0.2, 0) is 71.5 Å². The molecule has 730 valence electrons. The minimum atomic E-state index is -1.32. The molecule has 0 aliphatic carbocycles. The van der Waals surface area contributed by atoms with E-state index in [0.29, 0.717) is 57.8 Å². The van der Waals surface area contributed by atoms with Gasteiger partial charge in [-0.3, -0.25) is 33.6 Å². The van der Waals surface area contributed by atoms with Gasteiger partial charge in [0.05, 0.1) is 0 Å². The maximum Gasteiger partial charge on any atom is 0.408 e. The van der Waals surface area contributed by atoms with Crippen molar-refractivity contribution in [2.24, 2.45) is 5.11 Å². The van der Waals surface area contributed by atoms with E-state index in [9.17, 15) is 71.9 Å². The van der Waals surface area contributed by atoms with E-state index in [4.69, 9.17) is 43.4 Å².